The molecule has 0 aliphatic carbocycles. The van der Waals surface area contributed by atoms with Gasteiger partial charge in [-0.25, -0.2) is 0 Å². The number of hydrogen-bond donors (Lipinski definition) is 0. The van der Waals surface area contributed by atoms with E-state index < -0.39 is 0 Å². The van der Waals surface area contributed by atoms with Crippen molar-refractivity contribution in [2.24, 2.45) is 0 Å². The van der Waals surface area contributed by atoms with E-state index >= 15 is 0 Å². The Labute approximate surface area is 275 Å². The molecular formula is C40H30Br2N2. The average molecular weight is 699 g/mol. The summed E-state index contributed by atoms with van der Waals surface area (Å²) in [4.78, 5) is 4.80. The van der Waals surface area contributed by atoms with Gasteiger partial charge < -0.3 is 9.80 Å². The number of benzene rings is 7. The van der Waals surface area contributed by atoms with Crippen LogP contribution in [0.2, 0.25) is 0 Å². The first-order valence-corrected chi connectivity index (χ1v) is 16.2. The number of anilines is 6. The van der Waals surface area contributed by atoms with Crippen LogP contribution in [-0.2, 0) is 0 Å². The van der Waals surface area contributed by atoms with Crippen molar-refractivity contribution in [3.05, 3.63) is 166 Å². The number of hydrogen-bond acceptors (Lipinski definition) is 2. The number of aryl methyl sites for hydroxylation is 2. The fraction of sp³-hybridized carbons (Fsp3) is 0.0500. The van der Waals surface area contributed by atoms with E-state index in [1.807, 2.05) is 0 Å². The van der Waals surface area contributed by atoms with Crippen LogP contribution in [0.4, 0.5) is 34.1 Å². The maximum Gasteiger partial charge on any atom is 0.0619 e. The Morgan fingerprint density at radius 1 is 0.341 bits per heavy atom. The molecule has 0 fully saturated rings. The van der Waals surface area contributed by atoms with Crippen LogP contribution in [0.3, 0.4) is 0 Å². The Morgan fingerprint density at radius 3 is 0.864 bits per heavy atom. The van der Waals surface area contributed by atoms with Gasteiger partial charge in [0.05, 0.1) is 11.4 Å². The molecule has 7 rings (SSSR count). The van der Waals surface area contributed by atoms with Gasteiger partial charge in [0.25, 0.3) is 0 Å². The lowest BCUT2D eigenvalue weighted by Crippen LogP contribution is -2.14. The summed E-state index contributed by atoms with van der Waals surface area (Å²) in [5, 5.41) is 4.72. The lowest BCUT2D eigenvalue weighted by Gasteiger charge is -2.33. The third kappa shape index (κ3) is 5.29. The average Bonchev–Trinajstić information content (AvgIpc) is 3.05. The summed E-state index contributed by atoms with van der Waals surface area (Å²) in [7, 11) is 0. The van der Waals surface area contributed by atoms with Gasteiger partial charge in [-0.15, -0.1) is 0 Å². The predicted molar refractivity (Wildman–Crippen MR) is 196 cm³/mol. The van der Waals surface area contributed by atoms with Crippen molar-refractivity contribution in [1.82, 2.24) is 0 Å². The molecule has 0 amide bonds. The Hall–Kier alpha value is -4.38. The highest BCUT2D eigenvalue weighted by molar-refractivity contribution is 9.10. The van der Waals surface area contributed by atoms with Crippen molar-refractivity contribution in [3.8, 4) is 0 Å². The first-order chi connectivity index (χ1) is 21.5. The van der Waals surface area contributed by atoms with E-state index in [0.29, 0.717) is 0 Å². The van der Waals surface area contributed by atoms with Crippen molar-refractivity contribution >= 4 is 87.5 Å². The molecule has 2 nitrogen and oxygen atoms in total. The molecule has 214 valence electrons. The third-order valence-corrected chi connectivity index (χ3v) is 9.13. The second-order valence-electron chi connectivity index (χ2n) is 11.1. The molecule has 0 aliphatic rings. The van der Waals surface area contributed by atoms with Crippen molar-refractivity contribution in [2.45, 2.75) is 13.8 Å². The fourth-order valence-electron chi connectivity index (χ4n) is 5.95. The number of rotatable bonds is 6. The molecule has 0 spiro atoms. The molecule has 44 heavy (non-hydrogen) atoms. The van der Waals surface area contributed by atoms with Gasteiger partial charge in [-0.3, -0.25) is 0 Å². The largest absolute Gasteiger partial charge is 0.309 e. The number of nitrogens with zero attached hydrogens (tertiary/aromatic N) is 2. The van der Waals surface area contributed by atoms with Crippen LogP contribution in [0, 0.1) is 13.8 Å². The van der Waals surface area contributed by atoms with Crippen molar-refractivity contribution < 1.29 is 0 Å². The van der Waals surface area contributed by atoms with E-state index in [4.69, 9.17) is 0 Å². The second kappa shape index (κ2) is 12.0. The molecule has 4 heteroatoms. The molecular weight excluding hydrogens is 668 g/mol. The van der Waals surface area contributed by atoms with Crippen LogP contribution in [0.15, 0.2) is 155 Å². The maximum atomic E-state index is 3.65. The zero-order chi connectivity index (χ0) is 30.2. The lowest BCUT2D eigenvalue weighted by atomic mass is 9.95. The van der Waals surface area contributed by atoms with Crippen LogP contribution in [0.5, 0.6) is 0 Å². The fourth-order valence-corrected chi connectivity index (χ4v) is 6.48. The normalized spacial score (nSPS) is 11.2. The summed E-state index contributed by atoms with van der Waals surface area (Å²) in [6.45, 7) is 4.27. The molecule has 0 radical (unpaired) electrons. The van der Waals surface area contributed by atoms with Crippen LogP contribution < -0.4 is 9.80 Å². The molecule has 0 aliphatic heterocycles. The van der Waals surface area contributed by atoms with Crippen LogP contribution in [0.25, 0.3) is 21.5 Å². The molecule has 0 atom stereocenters. The van der Waals surface area contributed by atoms with Gasteiger partial charge in [-0.2, -0.15) is 0 Å². The third-order valence-electron chi connectivity index (χ3n) is 8.08. The standard InChI is InChI=1S/C40H30Br2N2/c1-27-11-19-31(20-12-27)43(33-23-15-29(41)16-24-33)39-35-7-3-5-9-37(35)40(38-10-6-4-8-36(38)39)44(32-21-13-28(2)14-22-32)34-25-17-30(42)18-26-34/h3-26H,1-2H3. The van der Waals surface area contributed by atoms with Gasteiger partial charge >= 0.3 is 0 Å². The zero-order valence-electron chi connectivity index (χ0n) is 24.5. The smallest absolute Gasteiger partial charge is 0.0619 e. The van der Waals surface area contributed by atoms with E-state index in [9.17, 15) is 0 Å². The second-order valence-corrected chi connectivity index (χ2v) is 12.9. The predicted octanol–water partition coefficient (Wildman–Crippen LogP) is 13.1. The Bertz CT molecular complexity index is 1780. The Kier molecular flexibility index (Phi) is 7.71. The van der Waals surface area contributed by atoms with E-state index in [-0.39, 0.29) is 0 Å². The molecule has 0 N–H and O–H groups in total. The molecule has 0 heterocycles. The summed E-state index contributed by atoms with van der Waals surface area (Å²) >= 11 is 7.30. The lowest BCUT2D eigenvalue weighted by molar-refractivity contribution is 1.28. The first kappa shape index (κ1) is 28.4. The van der Waals surface area contributed by atoms with Gasteiger partial charge in [0.1, 0.15) is 0 Å². The molecule has 7 aromatic carbocycles. The number of halogens is 2. The highest BCUT2D eigenvalue weighted by atomic mass is 79.9. The van der Waals surface area contributed by atoms with Gasteiger partial charge in [0, 0.05) is 53.2 Å². The molecule has 7 aromatic rings. The van der Waals surface area contributed by atoms with E-state index in [1.165, 1.54) is 32.7 Å². The van der Waals surface area contributed by atoms with Gasteiger partial charge in [-0.1, -0.05) is 116 Å². The SMILES string of the molecule is Cc1ccc(N(c2ccc(Br)cc2)c2c3ccccc3c(N(c3ccc(C)cc3)c3ccc(Br)cc3)c3ccccc23)cc1. The van der Waals surface area contributed by atoms with E-state index in [1.54, 1.807) is 0 Å². The van der Waals surface area contributed by atoms with Crippen LogP contribution in [-0.4, -0.2) is 0 Å². The van der Waals surface area contributed by atoms with E-state index in [2.05, 4.69) is 201 Å². The van der Waals surface area contributed by atoms with E-state index in [0.717, 1.165) is 43.1 Å². The summed E-state index contributed by atoms with van der Waals surface area (Å²) in [5.41, 5.74) is 9.22. The summed E-state index contributed by atoms with van der Waals surface area (Å²) < 4.78 is 2.11. The summed E-state index contributed by atoms with van der Waals surface area (Å²) in [6, 6.07) is 52.4. The van der Waals surface area contributed by atoms with Crippen molar-refractivity contribution in [3.63, 3.8) is 0 Å². The minimum atomic E-state index is 1.05. The highest BCUT2D eigenvalue weighted by Gasteiger charge is 2.25. The molecule has 0 saturated carbocycles. The molecule has 0 aromatic heterocycles. The van der Waals surface area contributed by atoms with Crippen molar-refractivity contribution in [1.29, 1.82) is 0 Å². The Morgan fingerprint density at radius 2 is 0.591 bits per heavy atom. The quantitative estimate of drug-likeness (QED) is 0.126. The molecule has 0 saturated heterocycles. The van der Waals surface area contributed by atoms with Crippen LogP contribution >= 0.6 is 31.9 Å². The highest BCUT2D eigenvalue weighted by Crippen LogP contribution is 2.51. The van der Waals surface area contributed by atoms with Gasteiger partial charge in [0.15, 0.2) is 0 Å². The van der Waals surface area contributed by atoms with Crippen LogP contribution in [0.1, 0.15) is 11.1 Å². The minimum absolute atomic E-state index is 1.05. The number of fused-ring (bicyclic) bond motifs is 2. The Balaban J connectivity index is 1.60. The zero-order valence-corrected chi connectivity index (χ0v) is 27.7. The summed E-state index contributed by atoms with van der Waals surface area (Å²) in [6.07, 6.45) is 0. The minimum Gasteiger partial charge on any atom is -0.309 e. The van der Waals surface area contributed by atoms with Crippen molar-refractivity contribution in [2.75, 3.05) is 9.80 Å². The summed E-state index contributed by atoms with van der Waals surface area (Å²) in [5.74, 6) is 0. The first-order valence-electron chi connectivity index (χ1n) is 14.7. The molecule has 0 bridgehead atoms. The van der Waals surface area contributed by atoms with Gasteiger partial charge in [0.2, 0.25) is 0 Å². The molecule has 0 unspecified atom stereocenters. The monoisotopic (exact) mass is 696 g/mol. The van der Waals surface area contributed by atoms with Gasteiger partial charge in [-0.05, 0) is 86.6 Å². The topological polar surface area (TPSA) is 6.48 Å². The maximum absolute atomic E-state index is 3.65.